The van der Waals surface area contributed by atoms with Crippen molar-refractivity contribution in [3.8, 4) is 0 Å². The number of benzene rings is 1. The van der Waals surface area contributed by atoms with Crippen molar-refractivity contribution in [2.45, 2.75) is 6.18 Å². The van der Waals surface area contributed by atoms with Crippen LogP contribution in [0.3, 0.4) is 0 Å². The lowest BCUT2D eigenvalue weighted by Gasteiger charge is -2.06. The Labute approximate surface area is 90.2 Å². The zero-order valence-electron chi connectivity index (χ0n) is 6.53. The van der Waals surface area contributed by atoms with E-state index in [-0.39, 0.29) is 3.57 Å². The molecular weight excluding hydrogens is 315 g/mol. The lowest BCUT2D eigenvalue weighted by atomic mass is 10.1. The Morgan fingerprint density at radius 2 is 1.86 bits per heavy atom. The standard InChI is InChI=1S/C8H3F4IO/c9-6-4(2-1-3-5(6)13)7(14)8(10,11)12/h1-3H. The molecule has 6 heteroatoms. The Morgan fingerprint density at radius 3 is 2.36 bits per heavy atom. The largest absolute Gasteiger partial charge is 0.454 e. The van der Waals surface area contributed by atoms with Crippen LogP contribution >= 0.6 is 22.6 Å². The second-order valence-electron chi connectivity index (χ2n) is 2.43. The summed E-state index contributed by atoms with van der Waals surface area (Å²) in [6.07, 6.45) is -5.04. The van der Waals surface area contributed by atoms with Gasteiger partial charge in [0.25, 0.3) is 5.78 Å². The maximum Gasteiger partial charge on any atom is 0.454 e. The molecule has 0 heterocycles. The first kappa shape index (κ1) is 11.4. The van der Waals surface area contributed by atoms with Gasteiger partial charge in [-0.3, -0.25) is 4.79 Å². The fourth-order valence-corrected chi connectivity index (χ4v) is 1.33. The fraction of sp³-hybridized carbons (Fsp3) is 0.125. The molecule has 0 saturated heterocycles. The molecule has 0 aliphatic carbocycles. The van der Waals surface area contributed by atoms with Crippen LogP contribution in [0.2, 0.25) is 0 Å². The second kappa shape index (κ2) is 3.84. The fourth-order valence-electron chi connectivity index (χ4n) is 0.832. The van der Waals surface area contributed by atoms with E-state index in [1.807, 2.05) is 0 Å². The van der Waals surface area contributed by atoms with Crippen molar-refractivity contribution >= 4 is 28.4 Å². The van der Waals surface area contributed by atoms with E-state index < -0.39 is 23.3 Å². The molecule has 0 spiro atoms. The van der Waals surface area contributed by atoms with Gasteiger partial charge in [0, 0.05) is 3.57 Å². The maximum absolute atomic E-state index is 13.1. The van der Waals surface area contributed by atoms with Crippen LogP contribution in [0.1, 0.15) is 10.4 Å². The van der Waals surface area contributed by atoms with Crippen molar-refractivity contribution < 1.29 is 22.4 Å². The first-order chi connectivity index (χ1) is 6.34. The highest BCUT2D eigenvalue weighted by Gasteiger charge is 2.40. The summed E-state index contributed by atoms with van der Waals surface area (Å²) in [6, 6.07) is 3.29. The van der Waals surface area contributed by atoms with Gasteiger partial charge in [-0.15, -0.1) is 0 Å². The number of rotatable bonds is 1. The van der Waals surface area contributed by atoms with Crippen molar-refractivity contribution in [3.05, 3.63) is 33.1 Å². The molecule has 1 rings (SSSR count). The molecule has 0 aliphatic heterocycles. The van der Waals surface area contributed by atoms with Gasteiger partial charge in [0.2, 0.25) is 0 Å². The third kappa shape index (κ3) is 2.23. The van der Waals surface area contributed by atoms with E-state index >= 15 is 0 Å². The van der Waals surface area contributed by atoms with Crippen LogP contribution in [0.4, 0.5) is 17.6 Å². The van der Waals surface area contributed by atoms with Gasteiger partial charge in [-0.1, -0.05) is 6.07 Å². The van der Waals surface area contributed by atoms with E-state index in [0.29, 0.717) is 0 Å². The van der Waals surface area contributed by atoms with E-state index in [1.54, 1.807) is 0 Å². The van der Waals surface area contributed by atoms with Gasteiger partial charge in [0.1, 0.15) is 5.82 Å². The second-order valence-corrected chi connectivity index (χ2v) is 3.59. The third-order valence-electron chi connectivity index (χ3n) is 1.45. The summed E-state index contributed by atoms with van der Waals surface area (Å²) in [7, 11) is 0. The van der Waals surface area contributed by atoms with Crippen molar-refractivity contribution in [3.63, 3.8) is 0 Å². The summed E-state index contributed by atoms with van der Waals surface area (Å²) in [6.45, 7) is 0. The van der Waals surface area contributed by atoms with Crippen LogP contribution in [0.25, 0.3) is 0 Å². The Morgan fingerprint density at radius 1 is 1.29 bits per heavy atom. The van der Waals surface area contributed by atoms with E-state index in [0.717, 1.165) is 6.07 Å². The third-order valence-corrected chi connectivity index (χ3v) is 2.29. The number of alkyl halides is 3. The van der Waals surface area contributed by atoms with Crippen molar-refractivity contribution in [2.24, 2.45) is 0 Å². The molecule has 0 unspecified atom stereocenters. The molecule has 1 aromatic carbocycles. The quantitative estimate of drug-likeness (QED) is 0.442. The number of carbonyl (C=O) groups excluding carboxylic acids is 1. The highest BCUT2D eigenvalue weighted by atomic mass is 127. The summed E-state index contributed by atoms with van der Waals surface area (Å²) >= 11 is 1.52. The molecule has 76 valence electrons. The monoisotopic (exact) mass is 318 g/mol. The van der Waals surface area contributed by atoms with Crippen LogP contribution in [0.5, 0.6) is 0 Å². The summed E-state index contributed by atoms with van der Waals surface area (Å²) in [4.78, 5) is 10.7. The van der Waals surface area contributed by atoms with Crippen LogP contribution in [0.15, 0.2) is 18.2 Å². The van der Waals surface area contributed by atoms with Crippen LogP contribution < -0.4 is 0 Å². The topological polar surface area (TPSA) is 17.1 Å². The molecule has 0 aliphatic rings. The Hall–Kier alpha value is -0.660. The van der Waals surface area contributed by atoms with Gasteiger partial charge < -0.3 is 0 Å². The number of hydrogen-bond donors (Lipinski definition) is 0. The molecule has 0 atom stereocenters. The van der Waals surface area contributed by atoms with Gasteiger partial charge in [-0.2, -0.15) is 13.2 Å². The highest BCUT2D eigenvalue weighted by Crippen LogP contribution is 2.24. The van der Waals surface area contributed by atoms with Crippen LogP contribution in [0, 0.1) is 9.39 Å². The average molecular weight is 318 g/mol. The van der Waals surface area contributed by atoms with E-state index in [1.165, 1.54) is 34.7 Å². The number of carbonyl (C=O) groups is 1. The zero-order chi connectivity index (χ0) is 10.9. The number of halogens is 5. The van der Waals surface area contributed by atoms with Gasteiger partial charge in [0.05, 0.1) is 5.56 Å². The molecule has 0 bridgehead atoms. The van der Waals surface area contributed by atoms with Crippen molar-refractivity contribution in [2.75, 3.05) is 0 Å². The van der Waals surface area contributed by atoms with Crippen molar-refractivity contribution in [1.29, 1.82) is 0 Å². The Balaban J connectivity index is 3.21. The summed E-state index contributed by atoms with van der Waals surface area (Å²) in [5, 5.41) is 0. The highest BCUT2D eigenvalue weighted by molar-refractivity contribution is 14.1. The summed E-state index contributed by atoms with van der Waals surface area (Å²) < 4.78 is 48.8. The molecular formula is C8H3F4IO. The molecule has 0 fully saturated rings. The maximum atomic E-state index is 13.1. The summed E-state index contributed by atoms with van der Waals surface area (Å²) in [5.41, 5.74) is -0.940. The molecule has 0 amide bonds. The molecule has 1 nitrogen and oxygen atoms in total. The first-order valence-corrected chi connectivity index (χ1v) is 4.47. The lowest BCUT2D eigenvalue weighted by molar-refractivity contribution is -0.0887. The van der Waals surface area contributed by atoms with Gasteiger partial charge in [-0.05, 0) is 34.7 Å². The minimum atomic E-state index is -5.04. The molecule has 0 aromatic heterocycles. The molecule has 0 N–H and O–H groups in total. The zero-order valence-corrected chi connectivity index (χ0v) is 8.69. The van der Waals surface area contributed by atoms with Crippen molar-refractivity contribution in [1.82, 2.24) is 0 Å². The van der Waals surface area contributed by atoms with Gasteiger partial charge in [-0.25, -0.2) is 4.39 Å². The molecule has 1 aromatic rings. The van der Waals surface area contributed by atoms with Gasteiger partial charge >= 0.3 is 6.18 Å². The SMILES string of the molecule is O=C(c1cccc(I)c1F)C(F)(F)F. The van der Waals surface area contributed by atoms with E-state index in [4.69, 9.17) is 0 Å². The smallest absolute Gasteiger partial charge is 0.284 e. The summed E-state index contributed by atoms with van der Waals surface area (Å²) in [5.74, 6) is -3.29. The predicted molar refractivity (Wildman–Crippen MR) is 49.5 cm³/mol. The number of hydrogen-bond acceptors (Lipinski definition) is 1. The number of ketones is 1. The average Bonchev–Trinajstić information content (AvgIpc) is 2.07. The van der Waals surface area contributed by atoms with Gasteiger partial charge in [0.15, 0.2) is 0 Å². The van der Waals surface area contributed by atoms with E-state index in [2.05, 4.69) is 0 Å². The molecule has 0 radical (unpaired) electrons. The predicted octanol–water partition coefficient (Wildman–Crippen LogP) is 3.18. The lowest BCUT2D eigenvalue weighted by Crippen LogP contribution is -2.24. The number of Topliss-reactive ketones (excluding diaryl/α,β-unsaturated/α-hetero) is 1. The van der Waals surface area contributed by atoms with E-state index in [9.17, 15) is 22.4 Å². The Kier molecular flexibility index (Phi) is 3.13. The molecule has 0 saturated carbocycles. The first-order valence-electron chi connectivity index (χ1n) is 3.39. The van der Waals surface area contributed by atoms with Crippen LogP contribution in [-0.2, 0) is 0 Å². The Bertz CT molecular complexity index is 372. The minimum Gasteiger partial charge on any atom is -0.284 e. The normalized spacial score (nSPS) is 11.5. The van der Waals surface area contributed by atoms with Crippen LogP contribution in [-0.4, -0.2) is 12.0 Å². The molecule has 14 heavy (non-hydrogen) atoms. The minimum absolute atomic E-state index is 0.0160.